The van der Waals surface area contributed by atoms with Gasteiger partial charge in [-0.25, -0.2) is 4.98 Å². The third-order valence-corrected chi connectivity index (χ3v) is 2.28. The van der Waals surface area contributed by atoms with Gasteiger partial charge in [-0.15, -0.1) is 0 Å². The lowest BCUT2D eigenvalue weighted by molar-refractivity contribution is 0.0918. The molecule has 1 aromatic heterocycles. The SMILES string of the molecule is CCC(C)(C#N)NC(=O)c1cn(C)cn1. The van der Waals surface area contributed by atoms with E-state index in [1.54, 1.807) is 31.1 Å². The Hall–Kier alpha value is -1.83. The summed E-state index contributed by atoms with van der Waals surface area (Å²) in [7, 11) is 1.78. The molecule has 1 N–H and O–H groups in total. The number of imidazole rings is 1. The fourth-order valence-corrected chi connectivity index (χ4v) is 1.04. The number of aromatic nitrogens is 2. The quantitative estimate of drug-likeness (QED) is 0.796. The van der Waals surface area contributed by atoms with Crippen LogP contribution in [0.3, 0.4) is 0 Å². The van der Waals surface area contributed by atoms with Crippen molar-refractivity contribution in [1.82, 2.24) is 14.9 Å². The van der Waals surface area contributed by atoms with E-state index in [0.717, 1.165) is 0 Å². The van der Waals surface area contributed by atoms with Gasteiger partial charge in [-0.1, -0.05) is 6.92 Å². The van der Waals surface area contributed by atoms with Crippen LogP contribution < -0.4 is 5.32 Å². The van der Waals surface area contributed by atoms with Crippen molar-refractivity contribution in [3.63, 3.8) is 0 Å². The molecule has 0 saturated heterocycles. The van der Waals surface area contributed by atoms with Crippen LogP contribution in [0.25, 0.3) is 0 Å². The van der Waals surface area contributed by atoms with Crippen LogP contribution in [-0.4, -0.2) is 21.0 Å². The van der Waals surface area contributed by atoms with Gasteiger partial charge in [-0.05, 0) is 13.3 Å². The van der Waals surface area contributed by atoms with Crippen LogP contribution in [0, 0.1) is 11.3 Å². The van der Waals surface area contributed by atoms with Gasteiger partial charge in [0.25, 0.3) is 5.91 Å². The Morgan fingerprint density at radius 3 is 2.87 bits per heavy atom. The fraction of sp³-hybridized carbons (Fsp3) is 0.500. The van der Waals surface area contributed by atoms with E-state index in [4.69, 9.17) is 5.26 Å². The number of nitrogens with one attached hydrogen (secondary N) is 1. The van der Waals surface area contributed by atoms with Crippen LogP contribution in [-0.2, 0) is 7.05 Å². The molecule has 5 heteroatoms. The molecule has 0 fully saturated rings. The van der Waals surface area contributed by atoms with Crippen molar-refractivity contribution in [2.45, 2.75) is 25.8 Å². The Kier molecular flexibility index (Phi) is 3.10. The van der Waals surface area contributed by atoms with Crippen molar-refractivity contribution in [2.75, 3.05) is 0 Å². The lowest BCUT2D eigenvalue weighted by atomic mass is 10.0. The summed E-state index contributed by atoms with van der Waals surface area (Å²) in [6.07, 6.45) is 3.72. The van der Waals surface area contributed by atoms with Gasteiger partial charge < -0.3 is 9.88 Å². The fourth-order valence-electron chi connectivity index (χ4n) is 1.04. The minimum atomic E-state index is -0.825. The van der Waals surface area contributed by atoms with Gasteiger partial charge in [0, 0.05) is 13.2 Å². The normalized spacial score (nSPS) is 14.0. The maximum absolute atomic E-state index is 11.7. The molecule has 1 atom stereocenters. The summed E-state index contributed by atoms with van der Waals surface area (Å²) in [6.45, 7) is 3.54. The van der Waals surface area contributed by atoms with Crippen molar-refractivity contribution >= 4 is 5.91 Å². The van der Waals surface area contributed by atoms with Crippen molar-refractivity contribution in [3.8, 4) is 6.07 Å². The van der Waals surface area contributed by atoms with Gasteiger partial charge >= 0.3 is 0 Å². The molecule has 15 heavy (non-hydrogen) atoms. The Morgan fingerprint density at radius 2 is 2.47 bits per heavy atom. The summed E-state index contributed by atoms with van der Waals surface area (Å²) in [5, 5.41) is 11.5. The number of nitriles is 1. The minimum Gasteiger partial charge on any atom is -0.340 e. The monoisotopic (exact) mass is 206 g/mol. The number of hydrogen-bond acceptors (Lipinski definition) is 3. The van der Waals surface area contributed by atoms with E-state index in [-0.39, 0.29) is 5.91 Å². The van der Waals surface area contributed by atoms with E-state index in [1.807, 2.05) is 6.92 Å². The van der Waals surface area contributed by atoms with Crippen molar-refractivity contribution < 1.29 is 4.79 Å². The second kappa shape index (κ2) is 4.13. The number of hydrogen-bond donors (Lipinski definition) is 1. The predicted molar refractivity (Wildman–Crippen MR) is 55.0 cm³/mol. The summed E-state index contributed by atoms with van der Waals surface area (Å²) in [4.78, 5) is 15.6. The zero-order valence-corrected chi connectivity index (χ0v) is 9.11. The molecular weight excluding hydrogens is 192 g/mol. The van der Waals surface area contributed by atoms with Crippen molar-refractivity contribution in [1.29, 1.82) is 5.26 Å². The minimum absolute atomic E-state index is 0.318. The molecule has 5 nitrogen and oxygen atoms in total. The van der Waals surface area contributed by atoms with Crippen LogP contribution in [0.15, 0.2) is 12.5 Å². The van der Waals surface area contributed by atoms with Crippen LogP contribution >= 0.6 is 0 Å². The topological polar surface area (TPSA) is 70.7 Å². The van der Waals surface area contributed by atoms with E-state index >= 15 is 0 Å². The average molecular weight is 206 g/mol. The molecule has 0 aliphatic rings. The molecule has 1 unspecified atom stereocenters. The van der Waals surface area contributed by atoms with Crippen LogP contribution in [0.1, 0.15) is 30.8 Å². The maximum Gasteiger partial charge on any atom is 0.272 e. The number of carbonyl (C=O) groups is 1. The lowest BCUT2D eigenvalue weighted by Crippen LogP contribution is -2.44. The molecule has 0 saturated carbocycles. The van der Waals surface area contributed by atoms with Gasteiger partial charge in [0.1, 0.15) is 11.2 Å². The molecular formula is C10H14N4O. The largest absolute Gasteiger partial charge is 0.340 e. The third-order valence-electron chi connectivity index (χ3n) is 2.28. The van der Waals surface area contributed by atoms with E-state index < -0.39 is 5.54 Å². The Morgan fingerprint density at radius 1 is 1.80 bits per heavy atom. The van der Waals surface area contributed by atoms with E-state index in [1.165, 1.54) is 0 Å². The molecule has 1 aromatic rings. The smallest absolute Gasteiger partial charge is 0.272 e. The number of rotatable bonds is 3. The zero-order chi connectivity index (χ0) is 11.5. The summed E-state index contributed by atoms with van der Waals surface area (Å²) >= 11 is 0. The molecule has 0 aliphatic carbocycles. The van der Waals surface area contributed by atoms with Gasteiger partial charge in [0.15, 0.2) is 0 Å². The first-order valence-electron chi connectivity index (χ1n) is 4.72. The van der Waals surface area contributed by atoms with Gasteiger partial charge in [-0.3, -0.25) is 4.79 Å². The van der Waals surface area contributed by atoms with Crippen LogP contribution in [0.5, 0.6) is 0 Å². The van der Waals surface area contributed by atoms with Gasteiger partial charge in [0.05, 0.1) is 12.4 Å². The molecule has 0 spiro atoms. The second-order valence-electron chi connectivity index (χ2n) is 3.68. The standard InChI is InChI=1S/C10H14N4O/c1-4-10(2,6-11)13-9(15)8-5-14(3)7-12-8/h5,7H,4H2,1-3H3,(H,13,15). The average Bonchev–Trinajstić information content (AvgIpc) is 2.65. The Balaban J connectivity index is 2.76. The lowest BCUT2D eigenvalue weighted by Gasteiger charge is -2.20. The van der Waals surface area contributed by atoms with E-state index in [0.29, 0.717) is 12.1 Å². The molecule has 1 rings (SSSR count). The molecule has 1 heterocycles. The first-order valence-corrected chi connectivity index (χ1v) is 4.72. The van der Waals surface area contributed by atoms with Crippen LogP contribution in [0.4, 0.5) is 0 Å². The van der Waals surface area contributed by atoms with Crippen LogP contribution in [0.2, 0.25) is 0 Å². The van der Waals surface area contributed by atoms with Crippen molar-refractivity contribution in [3.05, 3.63) is 18.2 Å². The summed E-state index contributed by atoms with van der Waals surface area (Å²) in [5.41, 5.74) is -0.498. The van der Waals surface area contributed by atoms with Gasteiger partial charge in [0.2, 0.25) is 0 Å². The summed E-state index contributed by atoms with van der Waals surface area (Å²) in [6, 6.07) is 2.07. The van der Waals surface area contributed by atoms with E-state index in [2.05, 4.69) is 16.4 Å². The number of nitrogens with zero attached hydrogens (tertiary/aromatic N) is 3. The summed E-state index contributed by atoms with van der Waals surface area (Å²) < 4.78 is 1.69. The second-order valence-corrected chi connectivity index (χ2v) is 3.68. The summed E-state index contributed by atoms with van der Waals surface area (Å²) in [5.74, 6) is -0.318. The van der Waals surface area contributed by atoms with Crippen molar-refractivity contribution in [2.24, 2.45) is 7.05 Å². The Bertz CT molecular complexity index is 404. The molecule has 1 amide bonds. The van der Waals surface area contributed by atoms with Gasteiger partial charge in [-0.2, -0.15) is 5.26 Å². The Labute approximate surface area is 88.7 Å². The number of aryl methyl sites for hydroxylation is 1. The first-order chi connectivity index (χ1) is 7.00. The highest BCUT2D eigenvalue weighted by Gasteiger charge is 2.24. The highest BCUT2D eigenvalue weighted by molar-refractivity contribution is 5.92. The molecule has 0 radical (unpaired) electrons. The number of carbonyl (C=O) groups excluding carboxylic acids is 1. The highest BCUT2D eigenvalue weighted by Crippen LogP contribution is 2.08. The maximum atomic E-state index is 11.7. The predicted octanol–water partition coefficient (Wildman–Crippen LogP) is 0.842. The number of amides is 1. The van der Waals surface area contributed by atoms with E-state index in [9.17, 15) is 4.79 Å². The molecule has 0 aromatic carbocycles. The third kappa shape index (κ3) is 2.56. The first kappa shape index (κ1) is 11.2. The molecule has 0 bridgehead atoms. The molecule has 80 valence electrons. The zero-order valence-electron chi connectivity index (χ0n) is 9.11. The molecule has 0 aliphatic heterocycles. The highest BCUT2D eigenvalue weighted by atomic mass is 16.2.